The predicted octanol–water partition coefficient (Wildman–Crippen LogP) is 2.98. The zero-order valence-corrected chi connectivity index (χ0v) is 9.16. The molecule has 0 aromatic rings. The largest absolute Gasteiger partial charge is 0.299 e. The molecule has 2 rings (SSSR count). The quantitative estimate of drug-likeness (QED) is 0.574. The molecule has 0 amide bonds. The predicted molar refractivity (Wildman–Crippen MR) is 57.8 cm³/mol. The highest BCUT2D eigenvalue weighted by Crippen LogP contribution is 2.42. The maximum atomic E-state index is 11.9. The Hall–Kier alpha value is -0.850. The lowest BCUT2D eigenvalue weighted by atomic mass is 9.64. The third kappa shape index (κ3) is 1.26. The first-order chi connectivity index (χ1) is 6.63. The molecule has 1 heteroatoms. The summed E-state index contributed by atoms with van der Waals surface area (Å²) in [6, 6.07) is 0. The Balaban J connectivity index is 2.36. The molecule has 1 nitrogen and oxygen atoms in total. The summed E-state index contributed by atoms with van der Waals surface area (Å²) in [6.45, 7) is 6.35. The number of hydrogen-bond donors (Lipinski definition) is 0. The van der Waals surface area contributed by atoms with Crippen LogP contribution in [0.15, 0.2) is 23.8 Å². The number of hydrogen-bond acceptors (Lipinski definition) is 1. The first kappa shape index (κ1) is 9.70. The molecule has 1 fully saturated rings. The average Bonchev–Trinajstić information content (AvgIpc) is 2.23. The van der Waals surface area contributed by atoms with Gasteiger partial charge in [0.05, 0.1) is 0 Å². The van der Waals surface area contributed by atoms with Crippen molar-refractivity contribution < 1.29 is 4.79 Å². The molecule has 14 heavy (non-hydrogen) atoms. The summed E-state index contributed by atoms with van der Waals surface area (Å²) >= 11 is 0. The Morgan fingerprint density at radius 3 is 2.71 bits per heavy atom. The molecule has 0 aromatic carbocycles. The third-order valence-electron chi connectivity index (χ3n) is 4.04. The van der Waals surface area contributed by atoms with Crippen LogP contribution in [0.5, 0.6) is 0 Å². The van der Waals surface area contributed by atoms with Crippen LogP contribution in [0.1, 0.15) is 27.2 Å². The van der Waals surface area contributed by atoms with E-state index in [4.69, 9.17) is 0 Å². The highest BCUT2D eigenvalue weighted by molar-refractivity contribution is 5.87. The number of ketones is 1. The van der Waals surface area contributed by atoms with Gasteiger partial charge in [0.15, 0.2) is 0 Å². The summed E-state index contributed by atoms with van der Waals surface area (Å²) in [5, 5.41) is 0. The molecule has 0 aromatic heterocycles. The zero-order valence-electron chi connectivity index (χ0n) is 9.16. The van der Waals surface area contributed by atoms with Gasteiger partial charge < -0.3 is 0 Å². The zero-order chi connectivity index (χ0) is 10.3. The molecule has 0 heterocycles. The van der Waals surface area contributed by atoms with E-state index in [1.54, 1.807) is 0 Å². The number of allylic oxidation sites excluding steroid dienone is 4. The topological polar surface area (TPSA) is 17.1 Å². The van der Waals surface area contributed by atoms with Gasteiger partial charge in [-0.05, 0) is 18.3 Å². The molecule has 2 aliphatic carbocycles. The van der Waals surface area contributed by atoms with E-state index in [-0.39, 0.29) is 11.8 Å². The van der Waals surface area contributed by atoms with Crippen LogP contribution >= 0.6 is 0 Å². The third-order valence-corrected chi connectivity index (χ3v) is 4.04. The first-order valence-corrected chi connectivity index (χ1v) is 5.53. The van der Waals surface area contributed by atoms with Crippen molar-refractivity contribution in [3.63, 3.8) is 0 Å². The minimum Gasteiger partial charge on any atom is -0.299 e. The maximum Gasteiger partial charge on any atom is 0.142 e. The molecule has 0 N–H and O–H groups in total. The van der Waals surface area contributed by atoms with Gasteiger partial charge in [0, 0.05) is 11.8 Å². The normalized spacial score (nSPS) is 41.9. The smallest absolute Gasteiger partial charge is 0.142 e. The summed E-state index contributed by atoms with van der Waals surface area (Å²) in [6.07, 6.45) is 7.59. The minimum absolute atomic E-state index is 0.149. The van der Waals surface area contributed by atoms with Gasteiger partial charge in [0.25, 0.3) is 0 Å². The van der Waals surface area contributed by atoms with Crippen molar-refractivity contribution in [3.8, 4) is 0 Å². The fraction of sp³-hybridized carbons (Fsp3) is 0.615. The number of fused-ring (bicyclic) bond motifs is 1. The van der Waals surface area contributed by atoms with Crippen molar-refractivity contribution in [1.29, 1.82) is 0 Å². The van der Waals surface area contributed by atoms with Gasteiger partial charge in [0.1, 0.15) is 5.78 Å². The van der Waals surface area contributed by atoms with E-state index in [2.05, 4.69) is 39.0 Å². The Morgan fingerprint density at radius 2 is 2.00 bits per heavy atom. The fourth-order valence-corrected chi connectivity index (χ4v) is 2.81. The number of carbonyl (C=O) groups excluding carboxylic acids is 1. The molecular weight excluding hydrogens is 172 g/mol. The van der Waals surface area contributed by atoms with Crippen LogP contribution in [0.25, 0.3) is 0 Å². The Kier molecular flexibility index (Phi) is 2.34. The van der Waals surface area contributed by atoms with E-state index in [1.165, 1.54) is 5.57 Å². The van der Waals surface area contributed by atoms with Crippen molar-refractivity contribution in [2.75, 3.05) is 0 Å². The molecule has 76 valence electrons. The molecule has 0 radical (unpaired) electrons. The monoisotopic (exact) mass is 190 g/mol. The van der Waals surface area contributed by atoms with E-state index >= 15 is 0 Å². The second-order valence-corrected chi connectivity index (χ2v) is 4.71. The summed E-state index contributed by atoms with van der Waals surface area (Å²) in [4.78, 5) is 11.9. The van der Waals surface area contributed by atoms with Gasteiger partial charge in [-0.3, -0.25) is 4.79 Å². The maximum absolute atomic E-state index is 11.9. The van der Waals surface area contributed by atoms with Gasteiger partial charge >= 0.3 is 0 Å². The van der Waals surface area contributed by atoms with Crippen molar-refractivity contribution >= 4 is 5.78 Å². The van der Waals surface area contributed by atoms with Gasteiger partial charge in [0.2, 0.25) is 0 Å². The summed E-state index contributed by atoms with van der Waals surface area (Å²) in [7, 11) is 0. The van der Waals surface area contributed by atoms with Gasteiger partial charge in [-0.2, -0.15) is 0 Å². The lowest BCUT2D eigenvalue weighted by Gasteiger charge is -2.39. The first-order valence-electron chi connectivity index (χ1n) is 5.53. The van der Waals surface area contributed by atoms with Crippen LogP contribution in [0.4, 0.5) is 0 Å². The highest BCUT2D eigenvalue weighted by atomic mass is 16.1. The van der Waals surface area contributed by atoms with Crippen molar-refractivity contribution in [2.45, 2.75) is 27.2 Å². The molecule has 4 atom stereocenters. The van der Waals surface area contributed by atoms with Crippen LogP contribution in [-0.2, 0) is 4.79 Å². The van der Waals surface area contributed by atoms with Crippen LogP contribution in [0.3, 0.4) is 0 Å². The van der Waals surface area contributed by atoms with E-state index < -0.39 is 0 Å². The van der Waals surface area contributed by atoms with Crippen molar-refractivity contribution in [2.24, 2.45) is 23.7 Å². The fourth-order valence-electron chi connectivity index (χ4n) is 2.81. The lowest BCUT2D eigenvalue weighted by molar-refractivity contribution is -0.128. The van der Waals surface area contributed by atoms with Crippen molar-refractivity contribution in [1.82, 2.24) is 0 Å². The average molecular weight is 190 g/mol. The molecule has 0 aliphatic heterocycles. The SMILES string of the molecule is CC1C(=O)C(C)C(C)C2CC=CC=C12. The molecule has 4 unspecified atom stereocenters. The van der Waals surface area contributed by atoms with E-state index in [0.717, 1.165) is 6.42 Å². The Bertz CT molecular complexity index is 311. The molecule has 2 aliphatic rings. The summed E-state index contributed by atoms with van der Waals surface area (Å²) in [5.74, 6) is 1.93. The standard InChI is InChI=1S/C13H18O/c1-8-9(2)13(14)10(3)12-7-5-4-6-11(8)12/h4-5,7-11H,6H2,1-3H3. The van der Waals surface area contributed by atoms with Crippen LogP contribution < -0.4 is 0 Å². The molecule has 0 saturated heterocycles. The minimum atomic E-state index is 0.149. The van der Waals surface area contributed by atoms with Crippen LogP contribution in [-0.4, -0.2) is 5.78 Å². The van der Waals surface area contributed by atoms with E-state index in [1.807, 2.05) is 0 Å². The second-order valence-electron chi connectivity index (χ2n) is 4.71. The van der Waals surface area contributed by atoms with E-state index in [9.17, 15) is 4.79 Å². The highest BCUT2D eigenvalue weighted by Gasteiger charge is 2.40. The lowest BCUT2D eigenvalue weighted by Crippen LogP contribution is -2.39. The molecule has 1 saturated carbocycles. The van der Waals surface area contributed by atoms with Crippen molar-refractivity contribution in [3.05, 3.63) is 23.8 Å². The molecular formula is C13H18O. The number of Topliss-reactive ketones (excluding diaryl/α,β-unsaturated/α-hetero) is 1. The van der Waals surface area contributed by atoms with Crippen LogP contribution in [0.2, 0.25) is 0 Å². The Morgan fingerprint density at radius 1 is 1.29 bits per heavy atom. The van der Waals surface area contributed by atoms with Gasteiger partial charge in [-0.25, -0.2) is 0 Å². The van der Waals surface area contributed by atoms with E-state index in [0.29, 0.717) is 17.6 Å². The van der Waals surface area contributed by atoms with Gasteiger partial charge in [-0.15, -0.1) is 0 Å². The number of carbonyl (C=O) groups is 1. The molecule has 0 spiro atoms. The van der Waals surface area contributed by atoms with Crippen LogP contribution in [0, 0.1) is 23.7 Å². The molecule has 0 bridgehead atoms. The number of rotatable bonds is 0. The summed E-state index contributed by atoms with van der Waals surface area (Å²) in [5.41, 5.74) is 1.36. The van der Waals surface area contributed by atoms with Gasteiger partial charge in [-0.1, -0.05) is 44.6 Å². The Labute approximate surface area is 85.9 Å². The summed E-state index contributed by atoms with van der Waals surface area (Å²) < 4.78 is 0. The second kappa shape index (κ2) is 3.38.